The third-order valence-corrected chi connectivity index (χ3v) is 5.94. The van der Waals surface area contributed by atoms with Crippen LogP contribution in [0, 0.1) is 5.92 Å². The summed E-state index contributed by atoms with van der Waals surface area (Å²) in [4.78, 5) is 0. The average Bonchev–Trinajstić information content (AvgIpc) is 3.06. The number of halogens is 4. The summed E-state index contributed by atoms with van der Waals surface area (Å²) in [6, 6.07) is 12.0. The minimum atomic E-state index is -3.78. The number of aryl methyl sites for hydroxylation is 1. The molecule has 2 aromatic carbocycles. The largest absolute Gasteiger partial charge is 0.586 e. The maximum atomic E-state index is 14.8. The molecule has 6 heteroatoms. The van der Waals surface area contributed by atoms with Crippen molar-refractivity contribution in [2.45, 2.75) is 57.7 Å². The van der Waals surface area contributed by atoms with Crippen LogP contribution in [0.25, 0.3) is 5.83 Å². The lowest BCUT2D eigenvalue weighted by atomic mass is 9.78. The Kier molecular flexibility index (Phi) is 5.76. The summed E-state index contributed by atoms with van der Waals surface area (Å²) in [7, 11) is 0. The summed E-state index contributed by atoms with van der Waals surface area (Å²) in [5, 5.41) is 0. The smallest absolute Gasteiger partial charge is 0.395 e. The molecule has 0 radical (unpaired) electrons. The molecule has 1 fully saturated rings. The van der Waals surface area contributed by atoms with Gasteiger partial charge in [-0.3, -0.25) is 0 Å². The van der Waals surface area contributed by atoms with E-state index in [2.05, 4.69) is 40.7 Å². The summed E-state index contributed by atoms with van der Waals surface area (Å²) in [6.07, 6.45) is 1.03. The number of hydrogen-bond donors (Lipinski definition) is 0. The van der Waals surface area contributed by atoms with E-state index >= 15 is 0 Å². The lowest BCUT2D eigenvalue weighted by molar-refractivity contribution is -0.286. The van der Waals surface area contributed by atoms with Crippen LogP contribution in [-0.2, 0) is 6.42 Å². The number of ether oxygens (including phenoxy) is 2. The van der Waals surface area contributed by atoms with Crippen LogP contribution in [-0.4, -0.2) is 6.29 Å². The second-order valence-electron chi connectivity index (χ2n) is 8.03. The first-order valence-corrected chi connectivity index (χ1v) is 10.4. The molecule has 2 nitrogen and oxygen atoms in total. The van der Waals surface area contributed by atoms with Gasteiger partial charge < -0.3 is 9.47 Å². The van der Waals surface area contributed by atoms with E-state index in [1.165, 1.54) is 17.2 Å². The predicted octanol–water partition coefficient (Wildman–Crippen LogP) is 7.54. The van der Waals surface area contributed by atoms with Crippen molar-refractivity contribution in [1.82, 2.24) is 0 Å². The fourth-order valence-corrected chi connectivity index (χ4v) is 4.33. The Balaban J connectivity index is 1.42. The molecule has 0 atom stereocenters. The van der Waals surface area contributed by atoms with Crippen LogP contribution < -0.4 is 9.47 Å². The van der Waals surface area contributed by atoms with Gasteiger partial charge in [0.15, 0.2) is 17.3 Å². The molecule has 1 saturated carbocycles. The van der Waals surface area contributed by atoms with Crippen molar-refractivity contribution in [3.05, 3.63) is 65.0 Å². The maximum Gasteiger partial charge on any atom is 0.586 e. The molecule has 0 aromatic heterocycles. The highest BCUT2D eigenvalue weighted by atomic mass is 19.3. The Morgan fingerprint density at radius 2 is 1.60 bits per heavy atom. The Hall–Kier alpha value is -2.50. The first-order valence-electron chi connectivity index (χ1n) is 10.4. The molecule has 0 spiro atoms. The van der Waals surface area contributed by atoms with E-state index in [9.17, 15) is 17.6 Å². The van der Waals surface area contributed by atoms with Crippen molar-refractivity contribution in [2.24, 2.45) is 5.92 Å². The quantitative estimate of drug-likeness (QED) is 0.465. The van der Waals surface area contributed by atoms with Gasteiger partial charge in [-0.15, -0.1) is 8.78 Å². The zero-order valence-electron chi connectivity index (χ0n) is 16.8. The summed E-state index contributed by atoms with van der Waals surface area (Å²) >= 11 is 0. The van der Waals surface area contributed by atoms with Gasteiger partial charge in [0.2, 0.25) is 0 Å². The molecule has 0 N–H and O–H groups in total. The van der Waals surface area contributed by atoms with Crippen LogP contribution in [0.15, 0.2) is 48.3 Å². The van der Waals surface area contributed by atoms with Crippen molar-refractivity contribution in [3.63, 3.8) is 0 Å². The van der Waals surface area contributed by atoms with Crippen molar-refractivity contribution in [3.8, 4) is 11.5 Å². The van der Waals surface area contributed by atoms with E-state index in [1.54, 1.807) is 0 Å². The highest BCUT2D eigenvalue weighted by molar-refractivity contribution is 5.65. The van der Waals surface area contributed by atoms with Crippen LogP contribution >= 0.6 is 0 Å². The average molecular weight is 420 g/mol. The van der Waals surface area contributed by atoms with E-state index < -0.39 is 23.9 Å². The first-order chi connectivity index (χ1) is 14.4. The van der Waals surface area contributed by atoms with Gasteiger partial charge >= 0.3 is 6.29 Å². The second-order valence-corrected chi connectivity index (χ2v) is 8.03. The van der Waals surface area contributed by atoms with Gasteiger partial charge in [0.05, 0.1) is 0 Å². The van der Waals surface area contributed by atoms with Gasteiger partial charge in [-0.2, -0.15) is 0 Å². The molecule has 0 saturated heterocycles. The van der Waals surface area contributed by atoms with Crippen molar-refractivity contribution < 1.29 is 27.0 Å². The van der Waals surface area contributed by atoms with E-state index in [-0.39, 0.29) is 17.1 Å². The normalized spacial score (nSPS) is 23.2. The summed E-state index contributed by atoms with van der Waals surface area (Å²) in [5.41, 5.74) is 2.43. The molecular formula is C24H24F4O2. The molecule has 2 aromatic rings. The van der Waals surface area contributed by atoms with Gasteiger partial charge in [0.1, 0.15) is 5.83 Å². The molecule has 4 rings (SSSR count). The van der Waals surface area contributed by atoms with Gasteiger partial charge in [-0.05, 0) is 67.3 Å². The van der Waals surface area contributed by atoms with Crippen LogP contribution in [0.3, 0.4) is 0 Å². The number of rotatable bonds is 5. The number of allylic oxidation sites excluding steroid dienone is 1. The molecule has 1 aliphatic heterocycles. The number of benzene rings is 2. The molecule has 160 valence electrons. The Labute approximate surface area is 173 Å². The number of alkyl halides is 2. The number of fused-ring (bicyclic) bond motifs is 1. The van der Waals surface area contributed by atoms with Crippen LogP contribution in [0.1, 0.15) is 61.6 Å². The number of hydrogen-bond acceptors (Lipinski definition) is 2. The van der Waals surface area contributed by atoms with E-state index in [1.807, 2.05) is 0 Å². The highest BCUT2D eigenvalue weighted by Gasteiger charge is 2.43. The van der Waals surface area contributed by atoms with Crippen molar-refractivity contribution in [1.29, 1.82) is 0 Å². The summed E-state index contributed by atoms with van der Waals surface area (Å²) in [6.45, 7) is 2.15. The van der Waals surface area contributed by atoms with Gasteiger partial charge in [-0.1, -0.05) is 37.6 Å². The summed E-state index contributed by atoms with van der Waals surface area (Å²) in [5.74, 6) is -2.49. The highest BCUT2D eigenvalue weighted by Crippen LogP contribution is 2.45. The van der Waals surface area contributed by atoms with Gasteiger partial charge in [0.25, 0.3) is 0 Å². The molecule has 2 aliphatic rings. The van der Waals surface area contributed by atoms with Crippen molar-refractivity contribution in [2.75, 3.05) is 0 Å². The molecule has 0 bridgehead atoms. The maximum absolute atomic E-state index is 14.8. The van der Waals surface area contributed by atoms with E-state index in [0.717, 1.165) is 37.8 Å². The monoisotopic (exact) mass is 420 g/mol. The molecule has 30 heavy (non-hydrogen) atoms. The van der Waals surface area contributed by atoms with Crippen LogP contribution in [0.2, 0.25) is 0 Å². The van der Waals surface area contributed by atoms with Crippen molar-refractivity contribution >= 4 is 5.83 Å². The van der Waals surface area contributed by atoms with Crippen LogP contribution in [0.4, 0.5) is 17.6 Å². The lowest BCUT2D eigenvalue weighted by Gasteiger charge is -2.28. The predicted molar refractivity (Wildman–Crippen MR) is 107 cm³/mol. The Bertz CT molecular complexity index is 929. The SMILES string of the molecule is CCCc1ccc(C2CCC(/C(F)=C(\F)c3ccc4c(c3)OC(F)(F)O4)CC2)cc1. The standard InChI is InChI=1S/C24H24F4O2/c1-2-3-15-4-6-16(7-5-15)17-8-10-18(11-9-17)22(25)23(26)19-12-13-20-21(14-19)30-24(27,28)29-20/h4-7,12-14,17-18H,2-3,8-11H2,1H3/b23-22+. The van der Waals surface area contributed by atoms with Crippen LogP contribution in [0.5, 0.6) is 11.5 Å². The van der Waals surface area contributed by atoms with Gasteiger partial charge in [-0.25, -0.2) is 8.78 Å². The van der Waals surface area contributed by atoms with Gasteiger partial charge in [0, 0.05) is 11.5 Å². The third kappa shape index (κ3) is 4.32. The zero-order valence-corrected chi connectivity index (χ0v) is 16.8. The first kappa shape index (κ1) is 20.8. The van der Waals surface area contributed by atoms with E-state index in [4.69, 9.17) is 0 Å². The molecule has 0 unspecified atom stereocenters. The molecule has 1 heterocycles. The lowest BCUT2D eigenvalue weighted by Crippen LogP contribution is -2.25. The minimum Gasteiger partial charge on any atom is -0.395 e. The van der Waals surface area contributed by atoms with E-state index in [0.29, 0.717) is 18.8 Å². The summed E-state index contributed by atoms with van der Waals surface area (Å²) < 4.78 is 64.4. The fourth-order valence-electron chi connectivity index (χ4n) is 4.33. The minimum absolute atomic E-state index is 0.124. The Morgan fingerprint density at radius 3 is 2.27 bits per heavy atom. The second kappa shape index (κ2) is 8.32. The molecule has 0 amide bonds. The Morgan fingerprint density at radius 1 is 0.933 bits per heavy atom. The topological polar surface area (TPSA) is 18.5 Å². The fraction of sp³-hybridized carbons (Fsp3) is 0.417. The third-order valence-electron chi connectivity index (χ3n) is 5.94. The zero-order chi connectivity index (χ0) is 21.3. The molecule has 1 aliphatic carbocycles. The molecular weight excluding hydrogens is 396 g/mol.